The number of anilines is 1. The molecule has 1 amide bonds. The molecule has 1 aromatic rings. The Balaban J connectivity index is 2.33. The Bertz CT molecular complexity index is 335. The molecule has 0 saturated heterocycles. The van der Waals surface area contributed by atoms with E-state index >= 15 is 0 Å². The van der Waals surface area contributed by atoms with Gasteiger partial charge < -0.3 is 10.6 Å². The fraction of sp³-hybridized carbons (Fsp3) is 0.182. The number of carbonyl (C=O) groups is 1. The van der Waals surface area contributed by atoms with E-state index in [1.54, 1.807) is 6.08 Å². The van der Waals surface area contributed by atoms with E-state index in [0.717, 1.165) is 5.69 Å². The first-order chi connectivity index (χ1) is 7.22. The van der Waals surface area contributed by atoms with Crippen LogP contribution >= 0.6 is 22.6 Å². The van der Waals surface area contributed by atoms with E-state index in [1.807, 2.05) is 24.3 Å². The highest BCUT2D eigenvalue weighted by atomic mass is 127. The third kappa shape index (κ3) is 4.83. The van der Waals surface area contributed by atoms with Gasteiger partial charge in [0.05, 0.1) is 6.54 Å². The average molecular weight is 316 g/mol. The molecule has 0 aliphatic rings. The van der Waals surface area contributed by atoms with Crippen LogP contribution in [0.25, 0.3) is 0 Å². The van der Waals surface area contributed by atoms with Crippen molar-refractivity contribution < 1.29 is 4.79 Å². The quantitative estimate of drug-likeness (QED) is 0.644. The van der Waals surface area contributed by atoms with Crippen molar-refractivity contribution in [1.82, 2.24) is 5.32 Å². The van der Waals surface area contributed by atoms with Gasteiger partial charge in [0.1, 0.15) is 0 Å². The minimum atomic E-state index is -0.0338. The second-order valence-corrected chi connectivity index (χ2v) is 4.20. The standard InChI is InChI=1S/C11H13IN2O/c1-2-7-13-11(15)8-14-10-5-3-9(12)4-6-10/h2-6,14H,1,7-8H2,(H,13,15). The molecule has 0 atom stereocenters. The number of carbonyl (C=O) groups excluding carboxylic acids is 1. The zero-order valence-corrected chi connectivity index (χ0v) is 10.5. The second-order valence-electron chi connectivity index (χ2n) is 2.95. The summed E-state index contributed by atoms with van der Waals surface area (Å²) >= 11 is 2.24. The Morgan fingerprint density at radius 2 is 2.07 bits per heavy atom. The van der Waals surface area contributed by atoms with Gasteiger partial charge in [-0.15, -0.1) is 6.58 Å². The van der Waals surface area contributed by atoms with Crippen LogP contribution in [0.15, 0.2) is 36.9 Å². The predicted octanol–water partition coefficient (Wildman–Crippen LogP) is 2.01. The molecule has 0 spiro atoms. The monoisotopic (exact) mass is 316 g/mol. The Kier molecular flexibility index (Phi) is 5.17. The third-order valence-electron chi connectivity index (χ3n) is 1.74. The SMILES string of the molecule is C=CCNC(=O)CNc1ccc(I)cc1. The van der Waals surface area contributed by atoms with Crippen LogP contribution in [0.1, 0.15) is 0 Å². The maximum Gasteiger partial charge on any atom is 0.239 e. The van der Waals surface area contributed by atoms with Gasteiger partial charge in [-0.2, -0.15) is 0 Å². The molecule has 0 saturated carbocycles. The van der Waals surface area contributed by atoms with Gasteiger partial charge in [-0.25, -0.2) is 0 Å². The maximum absolute atomic E-state index is 11.2. The van der Waals surface area contributed by atoms with Crippen LogP contribution in [-0.2, 0) is 4.79 Å². The first kappa shape index (κ1) is 12.0. The van der Waals surface area contributed by atoms with Crippen molar-refractivity contribution in [2.45, 2.75) is 0 Å². The fourth-order valence-corrected chi connectivity index (χ4v) is 1.36. The van der Waals surface area contributed by atoms with Crippen LogP contribution in [0.4, 0.5) is 5.69 Å². The smallest absolute Gasteiger partial charge is 0.239 e. The van der Waals surface area contributed by atoms with Crippen LogP contribution in [0.3, 0.4) is 0 Å². The predicted molar refractivity (Wildman–Crippen MR) is 70.9 cm³/mol. The molecule has 15 heavy (non-hydrogen) atoms. The van der Waals surface area contributed by atoms with Crippen LogP contribution in [0, 0.1) is 3.57 Å². The Morgan fingerprint density at radius 3 is 2.67 bits per heavy atom. The van der Waals surface area contributed by atoms with Gasteiger partial charge in [0.25, 0.3) is 0 Å². The lowest BCUT2D eigenvalue weighted by Gasteiger charge is -2.06. The van der Waals surface area contributed by atoms with Crippen molar-refractivity contribution in [1.29, 1.82) is 0 Å². The first-order valence-electron chi connectivity index (χ1n) is 4.59. The van der Waals surface area contributed by atoms with Crippen molar-refractivity contribution >= 4 is 34.2 Å². The van der Waals surface area contributed by atoms with Gasteiger partial charge in [0.15, 0.2) is 0 Å². The summed E-state index contributed by atoms with van der Waals surface area (Å²) in [6.45, 7) is 4.32. The van der Waals surface area contributed by atoms with Crippen molar-refractivity contribution in [3.8, 4) is 0 Å². The van der Waals surface area contributed by atoms with E-state index in [9.17, 15) is 4.79 Å². The summed E-state index contributed by atoms with van der Waals surface area (Å²) in [5.74, 6) is -0.0338. The van der Waals surface area contributed by atoms with Gasteiger partial charge in [-0.3, -0.25) is 4.79 Å². The number of amides is 1. The molecule has 0 aromatic heterocycles. The summed E-state index contributed by atoms with van der Waals surface area (Å²) in [7, 11) is 0. The van der Waals surface area contributed by atoms with Gasteiger partial charge in [-0.05, 0) is 46.9 Å². The number of halogens is 1. The van der Waals surface area contributed by atoms with Crippen LogP contribution in [0.2, 0.25) is 0 Å². The minimum absolute atomic E-state index is 0.0338. The molecular formula is C11H13IN2O. The van der Waals surface area contributed by atoms with Crippen molar-refractivity contribution in [3.63, 3.8) is 0 Å². The maximum atomic E-state index is 11.2. The Hall–Kier alpha value is -1.04. The lowest BCUT2D eigenvalue weighted by Crippen LogP contribution is -2.29. The normalized spacial score (nSPS) is 9.40. The molecular weight excluding hydrogens is 303 g/mol. The molecule has 80 valence electrons. The Morgan fingerprint density at radius 1 is 1.40 bits per heavy atom. The molecule has 0 aliphatic heterocycles. The van der Waals surface area contributed by atoms with Gasteiger partial charge >= 0.3 is 0 Å². The van der Waals surface area contributed by atoms with E-state index in [1.165, 1.54) is 3.57 Å². The van der Waals surface area contributed by atoms with Crippen LogP contribution in [-0.4, -0.2) is 19.0 Å². The molecule has 0 aliphatic carbocycles. The number of hydrogen-bond acceptors (Lipinski definition) is 2. The van der Waals surface area contributed by atoms with Crippen molar-refractivity contribution in [2.24, 2.45) is 0 Å². The largest absolute Gasteiger partial charge is 0.376 e. The second kappa shape index (κ2) is 6.44. The summed E-state index contributed by atoms with van der Waals surface area (Å²) < 4.78 is 1.18. The van der Waals surface area contributed by atoms with Crippen LogP contribution < -0.4 is 10.6 Å². The van der Waals surface area contributed by atoms with E-state index in [0.29, 0.717) is 6.54 Å². The van der Waals surface area contributed by atoms with Gasteiger partial charge in [0, 0.05) is 15.8 Å². The van der Waals surface area contributed by atoms with E-state index < -0.39 is 0 Å². The number of rotatable bonds is 5. The summed E-state index contributed by atoms with van der Waals surface area (Å²) in [6.07, 6.45) is 1.66. The third-order valence-corrected chi connectivity index (χ3v) is 2.46. The number of hydrogen-bond donors (Lipinski definition) is 2. The highest BCUT2D eigenvalue weighted by molar-refractivity contribution is 14.1. The highest BCUT2D eigenvalue weighted by Gasteiger charge is 1.98. The Labute approximate surface area is 103 Å². The van der Waals surface area contributed by atoms with Gasteiger partial charge in [-0.1, -0.05) is 6.08 Å². The highest BCUT2D eigenvalue weighted by Crippen LogP contribution is 2.10. The lowest BCUT2D eigenvalue weighted by atomic mass is 10.3. The minimum Gasteiger partial charge on any atom is -0.376 e. The topological polar surface area (TPSA) is 41.1 Å². The summed E-state index contributed by atoms with van der Waals surface area (Å²) in [5.41, 5.74) is 0.948. The molecule has 2 N–H and O–H groups in total. The molecule has 0 bridgehead atoms. The van der Waals surface area contributed by atoms with Crippen molar-refractivity contribution in [2.75, 3.05) is 18.4 Å². The lowest BCUT2D eigenvalue weighted by molar-refractivity contribution is -0.119. The number of nitrogens with one attached hydrogen (secondary N) is 2. The molecule has 0 heterocycles. The first-order valence-corrected chi connectivity index (χ1v) is 5.67. The average Bonchev–Trinajstić information content (AvgIpc) is 2.25. The fourth-order valence-electron chi connectivity index (χ4n) is 0.999. The molecule has 1 rings (SSSR count). The van der Waals surface area contributed by atoms with E-state index in [4.69, 9.17) is 0 Å². The molecule has 0 radical (unpaired) electrons. The molecule has 3 nitrogen and oxygen atoms in total. The summed E-state index contributed by atoms with van der Waals surface area (Å²) in [5, 5.41) is 5.72. The summed E-state index contributed by atoms with van der Waals surface area (Å²) in [4.78, 5) is 11.2. The molecule has 0 unspecified atom stereocenters. The number of benzene rings is 1. The van der Waals surface area contributed by atoms with Crippen molar-refractivity contribution in [3.05, 3.63) is 40.5 Å². The zero-order chi connectivity index (χ0) is 11.1. The zero-order valence-electron chi connectivity index (χ0n) is 8.29. The molecule has 0 fully saturated rings. The molecule has 1 aromatic carbocycles. The van der Waals surface area contributed by atoms with E-state index in [-0.39, 0.29) is 12.5 Å². The molecule has 4 heteroatoms. The van der Waals surface area contributed by atoms with Gasteiger partial charge in [0.2, 0.25) is 5.91 Å². The van der Waals surface area contributed by atoms with Crippen LogP contribution in [0.5, 0.6) is 0 Å². The summed E-state index contributed by atoms with van der Waals surface area (Å²) in [6, 6.07) is 7.88. The van der Waals surface area contributed by atoms with E-state index in [2.05, 4.69) is 39.8 Å².